The lowest BCUT2D eigenvalue weighted by Crippen LogP contribution is -2.23. The number of urea groups is 1. The van der Waals surface area contributed by atoms with Crippen molar-refractivity contribution in [3.63, 3.8) is 0 Å². The smallest absolute Gasteiger partial charge is 0.329 e. The van der Waals surface area contributed by atoms with Gasteiger partial charge in [-0.2, -0.15) is 0 Å². The molecule has 3 N–H and O–H groups in total. The van der Waals surface area contributed by atoms with Crippen LogP contribution in [0.5, 0.6) is 0 Å². The molecule has 2 amide bonds. The summed E-state index contributed by atoms with van der Waals surface area (Å²) in [7, 11) is 0. The molecule has 0 aromatic heterocycles. The first-order valence-corrected chi connectivity index (χ1v) is 4.20. The maximum atomic E-state index is 11.1. The van der Waals surface area contributed by atoms with E-state index in [4.69, 9.17) is 5.11 Å². The predicted molar refractivity (Wildman–Crippen MR) is 55.4 cm³/mol. The lowest BCUT2D eigenvalue weighted by Gasteiger charge is -2.02. The summed E-state index contributed by atoms with van der Waals surface area (Å²) in [6, 6.07) is 8.35. The van der Waals surface area contributed by atoms with Crippen LogP contribution in [-0.2, 0) is 4.79 Å². The summed E-state index contributed by atoms with van der Waals surface area (Å²) >= 11 is 0. The fraction of sp³-hybridized carbons (Fsp3) is 0. The number of carboxylic acids is 1. The Morgan fingerprint density at radius 3 is 2.47 bits per heavy atom. The predicted octanol–water partition coefficient (Wildman–Crippen LogP) is 1.41. The van der Waals surface area contributed by atoms with Crippen LogP contribution in [0, 0.1) is 0 Å². The van der Waals surface area contributed by atoms with E-state index >= 15 is 0 Å². The summed E-state index contributed by atoms with van der Waals surface area (Å²) in [6.45, 7) is 0. The first kappa shape index (κ1) is 10.8. The Labute approximate surface area is 86.4 Å². The van der Waals surface area contributed by atoms with Gasteiger partial charge in [-0.05, 0) is 12.1 Å². The number of carbonyl (C=O) groups is 2. The Morgan fingerprint density at radius 1 is 1.20 bits per heavy atom. The molecule has 15 heavy (non-hydrogen) atoms. The normalized spacial score (nSPS) is 9.87. The fourth-order valence-electron chi connectivity index (χ4n) is 0.877. The van der Waals surface area contributed by atoms with Crippen LogP contribution in [0.3, 0.4) is 0 Å². The molecule has 1 aromatic rings. The van der Waals surface area contributed by atoms with E-state index in [9.17, 15) is 9.59 Å². The van der Waals surface area contributed by atoms with Gasteiger partial charge in [-0.15, -0.1) is 0 Å². The Bertz CT molecular complexity index is 374. The van der Waals surface area contributed by atoms with Crippen LogP contribution < -0.4 is 10.6 Å². The summed E-state index contributed by atoms with van der Waals surface area (Å²) in [5.41, 5.74) is 0.638. The van der Waals surface area contributed by atoms with Gasteiger partial charge >= 0.3 is 12.0 Å². The molecule has 1 aromatic carbocycles. The SMILES string of the molecule is O=C(O)C=CNC(=O)Nc1ccccc1. The van der Waals surface area contributed by atoms with E-state index < -0.39 is 12.0 Å². The molecule has 0 aliphatic rings. The van der Waals surface area contributed by atoms with E-state index in [2.05, 4.69) is 10.6 Å². The molecule has 0 atom stereocenters. The van der Waals surface area contributed by atoms with Gasteiger partial charge in [-0.1, -0.05) is 18.2 Å². The minimum absolute atomic E-state index is 0.487. The van der Waals surface area contributed by atoms with Crippen LogP contribution in [0.2, 0.25) is 0 Å². The number of hydrogen-bond donors (Lipinski definition) is 3. The van der Waals surface area contributed by atoms with E-state index in [1.165, 1.54) is 0 Å². The quantitative estimate of drug-likeness (QED) is 0.654. The molecule has 1 rings (SSSR count). The fourth-order valence-corrected chi connectivity index (χ4v) is 0.877. The number of benzene rings is 1. The van der Waals surface area contributed by atoms with Gasteiger partial charge in [0.1, 0.15) is 0 Å². The molecule has 0 heterocycles. The van der Waals surface area contributed by atoms with Gasteiger partial charge in [-0.3, -0.25) is 0 Å². The molecule has 0 radical (unpaired) electrons. The van der Waals surface area contributed by atoms with E-state index in [0.29, 0.717) is 5.69 Å². The lowest BCUT2D eigenvalue weighted by atomic mass is 10.3. The van der Waals surface area contributed by atoms with Gasteiger partial charge in [0.2, 0.25) is 0 Å². The minimum Gasteiger partial charge on any atom is -0.478 e. The van der Waals surface area contributed by atoms with Crippen LogP contribution >= 0.6 is 0 Å². The monoisotopic (exact) mass is 206 g/mol. The molecule has 0 saturated heterocycles. The number of carbonyl (C=O) groups excluding carboxylic acids is 1. The number of para-hydroxylation sites is 1. The van der Waals surface area contributed by atoms with E-state index in [-0.39, 0.29) is 0 Å². The number of hydrogen-bond acceptors (Lipinski definition) is 2. The third-order valence-electron chi connectivity index (χ3n) is 1.47. The Morgan fingerprint density at radius 2 is 1.87 bits per heavy atom. The Hall–Kier alpha value is -2.30. The molecular weight excluding hydrogens is 196 g/mol. The van der Waals surface area contributed by atoms with Crippen molar-refractivity contribution in [1.29, 1.82) is 0 Å². The zero-order valence-corrected chi connectivity index (χ0v) is 7.81. The van der Waals surface area contributed by atoms with Crippen molar-refractivity contribution in [2.45, 2.75) is 0 Å². The number of aliphatic carboxylic acids is 1. The lowest BCUT2D eigenvalue weighted by molar-refractivity contribution is -0.131. The second kappa shape index (κ2) is 5.43. The van der Waals surface area contributed by atoms with E-state index in [0.717, 1.165) is 12.3 Å². The molecule has 5 heteroatoms. The first-order valence-electron chi connectivity index (χ1n) is 4.20. The van der Waals surface area contributed by atoms with Crippen molar-refractivity contribution in [2.75, 3.05) is 5.32 Å². The number of anilines is 1. The van der Waals surface area contributed by atoms with Crippen molar-refractivity contribution in [2.24, 2.45) is 0 Å². The van der Waals surface area contributed by atoms with Gasteiger partial charge in [0, 0.05) is 18.0 Å². The second-order valence-electron chi connectivity index (χ2n) is 2.64. The third-order valence-corrected chi connectivity index (χ3v) is 1.47. The summed E-state index contributed by atoms with van der Waals surface area (Å²) in [4.78, 5) is 21.2. The number of carboxylic acid groups (broad SMARTS) is 1. The largest absolute Gasteiger partial charge is 0.478 e. The van der Waals surface area contributed by atoms with E-state index in [1.54, 1.807) is 24.3 Å². The highest BCUT2D eigenvalue weighted by Gasteiger charge is 1.97. The number of amides is 2. The van der Waals surface area contributed by atoms with Crippen molar-refractivity contribution in [3.05, 3.63) is 42.6 Å². The van der Waals surface area contributed by atoms with Crippen molar-refractivity contribution < 1.29 is 14.7 Å². The van der Waals surface area contributed by atoms with Crippen LogP contribution in [0.1, 0.15) is 0 Å². The summed E-state index contributed by atoms with van der Waals surface area (Å²) < 4.78 is 0. The zero-order chi connectivity index (χ0) is 11.1. The number of rotatable bonds is 3. The molecule has 0 unspecified atom stereocenters. The highest BCUT2D eigenvalue weighted by atomic mass is 16.4. The molecule has 5 nitrogen and oxygen atoms in total. The Kier molecular flexibility index (Phi) is 3.91. The third kappa shape index (κ3) is 4.47. The van der Waals surface area contributed by atoms with Crippen LogP contribution in [0.15, 0.2) is 42.6 Å². The molecule has 0 bridgehead atoms. The molecule has 0 aliphatic heterocycles. The zero-order valence-electron chi connectivity index (χ0n) is 7.81. The Balaban J connectivity index is 2.40. The summed E-state index contributed by atoms with van der Waals surface area (Å²) in [6.07, 6.45) is 1.89. The van der Waals surface area contributed by atoms with Gasteiger partial charge in [0.05, 0.1) is 0 Å². The molecular formula is C10H10N2O3. The molecule has 78 valence electrons. The van der Waals surface area contributed by atoms with Crippen molar-refractivity contribution >= 4 is 17.7 Å². The minimum atomic E-state index is -1.12. The average Bonchev–Trinajstić information content (AvgIpc) is 2.18. The number of nitrogens with one attached hydrogen (secondary N) is 2. The van der Waals surface area contributed by atoms with Crippen LogP contribution in [0.4, 0.5) is 10.5 Å². The van der Waals surface area contributed by atoms with Crippen LogP contribution in [0.25, 0.3) is 0 Å². The van der Waals surface area contributed by atoms with Crippen LogP contribution in [-0.4, -0.2) is 17.1 Å². The van der Waals surface area contributed by atoms with Crippen molar-refractivity contribution in [1.82, 2.24) is 5.32 Å². The molecule has 0 aliphatic carbocycles. The maximum Gasteiger partial charge on any atom is 0.329 e. The first-order chi connectivity index (χ1) is 7.18. The van der Waals surface area contributed by atoms with Gasteiger partial charge in [-0.25, -0.2) is 9.59 Å². The maximum absolute atomic E-state index is 11.1. The average molecular weight is 206 g/mol. The van der Waals surface area contributed by atoms with Crippen molar-refractivity contribution in [3.8, 4) is 0 Å². The molecule has 0 saturated carbocycles. The standard InChI is InChI=1S/C10H10N2O3/c13-9(14)6-7-11-10(15)12-8-4-2-1-3-5-8/h1-7H,(H,13,14)(H2,11,12,15). The summed E-state index contributed by atoms with van der Waals surface area (Å²) in [5, 5.41) is 13.0. The van der Waals surface area contributed by atoms with E-state index in [1.807, 2.05) is 6.07 Å². The molecule has 0 fully saturated rings. The van der Waals surface area contributed by atoms with Gasteiger partial charge in [0.25, 0.3) is 0 Å². The van der Waals surface area contributed by atoms with Gasteiger partial charge in [0.15, 0.2) is 0 Å². The van der Waals surface area contributed by atoms with Gasteiger partial charge < -0.3 is 15.7 Å². The topological polar surface area (TPSA) is 78.4 Å². The second-order valence-corrected chi connectivity index (χ2v) is 2.64. The summed E-state index contributed by atoms with van der Waals surface area (Å²) in [5.74, 6) is -1.12. The molecule has 0 spiro atoms. The highest BCUT2D eigenvalue weighted by Crippen LogP contribution is 2.03. The highest BCUT2D eigenvalue weighted by molar-refractivity contribution is 5.90.